The lowest BCUT2D eigenvalue weighted by molar-refractivity contribution is -0.142. The molecular weight excluding hydrogens is 542 g/mol. The number of amides is 5. The zero-order valence-corrected chi connectivity index (χ0v) is 23.1. The van der Waals surface area contributed by atoms with Gasteiger partial charge in [0, 0.05) is 19.2 Å². The molecule has 2 unspecified atom stereocenters. The van der Waals surface area contributed by atoms with E-state index in [1.54, 1.807) is 18.2 Å². The molecule has 218 valence electrons. The average Bonchev–Trinajstić information content (AvgIpc) is 3.60. The van der Waals surface area contributed by atoms with E-state index in [1.165, 1.54) is 12.5 Å². The number of fused-ring (bicyclic) bond motifs is 2. The Hall–Kier alpha value is -4.65. The lowest BCUT2D eigenvalue weighted by Crippen LogP contribution is -2.52. The number of carbonyl (C=O) groups excluding carboxylic acids is 4. The van der Waals surface area contributed by atoms with Gasteiger partial charge in [0.15, 0.2) is 0 Å². The minimum Gasteiger partial charge on any atom is -0.459 e. The van der Waals surface area contributed by atoms with Crippen molar-refractivity contribution in [2.45, 2.75) is 38.1 Å². The number of hydrogen-bond acceptors (Lipinski definition) is 9. The highest BCUT2D eigenvalue weighted by molar-refractivity contribution is 6.15. The van der Waals surface area contributed by atoms with E-state index >= 15 is 0 Å². The maximum Gasteiger partial charge on any atom is 0.352 e. The number of carbonyl (C=O) groups is 4. The van der Waals surface area contributed by atoms with E-state index in [1.807, 2.05) is 18.2 Å². The maximum atomic E-state index is 13.3. The first-order chi connectivity index (χ1) is 20.4. The average molecular weight is 574 g/mol. The molecule has 13 heteroatoms. The summed E-state index contributed by atoms with van der Waals surface area (Å²) >= 11 is 0. The first-order valence-electron chi connectivity index (χ1n) is 14.0. The van der Waals surface area contributed by atoms with Gasteiger partial charge in [0.25, 0.3) is 0 Å². The smallest absolute Gasteiger partial charge is 0.352 e. The second-order valence-corrected chi connectivity index (χ2v) is 10.8. The van der Waals surface area contributed by atoms with E-state index < -0.39 is 30.0 Å². The molecule has 2 saturated heterocycles. The molecule has 0 spiro atoms. The van der Waals surface area contributed by atoms with Gasteiger partial charge in [-0.25, -0.2) is 19.1 Å². The van der Waals surface area contributed by atoms with Gasteiger partial charge >= 0.3 is 18.0 Å². The van der Waals surface area contributed by atoms with Crippen LogP contribution in [0.2, 0.25) is 0 Å². The number of esters is 1. The van der Waals surface area contributed by atoms with Crippen LogP contribution in [0.15, 0.2) is 52.1 Å². The number of urea groups is 2. The minimum absolute atomic E-state index is 0.0770. The number of aliphatic imine (C=N–C) groups is 1. The molecule has 3 aromatic rings. The summed E-state index contributed by atoms with van der Waals surface area (Å²) in [7, 11) is 0. The van der Waals surface area contributed by atoms with Crippen LogP contribution >= 0.6 is 0 Å². The Morgan fingerprint density at radius 1 is 1.02 bits per heavy atom. The highest BCUT2D eigenvalue weighted by Crippen LogP contribution is 2.38. The van der Waals surface area contributed by atoms with Crippen molar-refractivity contribution in [3.63, 3.8) is 0 Å². The number of aromatic nitrogens is 2. The zero-order valence-electron chi connectivity index (χ0n) is 23.1. The first kappa shape index (κ1) is 27.5. The highest BCUT2D eigenvalue weighted by Gasteiger charge is 2.50. The second kappa shape index (κ2) is 11.7. The van der Waals surface area contributed by atoms with Crippen LogP contribution in [-0.4, -0.2) is 82.5 Å². The van der Waals surface area contributed by atoms with Gasteiger partial charge in [-0.2, -0.15) is 4.99 Å². The molecule has 4 heterocycles. The van der Waals surface area contributed by atoms with Gasteiger partial charge in [0.2, 0.25) is 5.91 Å². The van der Waals surface area contributed by atoms with Crippen LogP contribution in [0.5, 0.6) is 0 Å². The number of nitrogens with one attached hydrogen (secondary N) is 2. The fourth-order valence-electron chi connectivity index (χ4n) is 6.00. The number of hydrogen-bond donors (Lipinski definition) is 2. The number of nitrogens with zero attached hydrogens (tertiary/aromatic N) is 5. The fraction of sp³-hybridized carbons (Fsp3) is 0.414. The van der Waals surface area contributed by atoms with E-state index in [0.29, 0.717) is 41.2 Å². The van der Waals surface area contributed by atoms with Crippen LogP contribution in [0, 0.1) is 5.92 Å². The third kappa shape index (κ3) is 5.59. The molecule has 0 saturated carbocycles. The van der Waals surface area contributed by atoms with E-state index in [0.717, 1.165) is 43.1 Å². The number of rotatable bonds is 7. The number of ether oxygens (including phenoxy) is 1. The van der Waals surface area contributed by atoms with Gasteiger partial charge in [-0.05, 0) is 90.5 Å². The molecule has 6 rings (SSSR count). The third-order valence-corrected chi connectivity index (χ3v) is 8.05. The standard InChI is InChI=1S/C29H31N7O6/c1-17(37)31-21-5-2-4-19(14-21)18-8-12-35(13-9-18)11-3-10-30-28(39)36-26(20-6-7-22-23(15-20)34-42-33-22)25-24(32-29(36)40)16-41-27(25)38/h2,4-7,14-15,18,25-26H,3,8-13,16H2,1H3,(H,30,39)(H,31,37). The topological polar surface area (TPSA) is 159 Å². The molecule has 42 heavy (non-hydrogen) atoms. The van der Waals surface area contributed by atoms with Crippen LogP contribution in [0.1, 0.15) is 49.3 Å². The number of likely N-dealkylation sites (tertiary alicyclic amines) is 1. The van der Waals surface area contributed by atoms with Crippen molar-refractivity contribution in [1.29, 1.82) is 0 Å². The van der Waals surface area contributed by atoms with Crippen molar-refractivity contribution in [2.24, 2.45) is 10.9 Å². The molecule has 0 aliphatic carbocycles. The summed E-state index contributed by atoms with van der Waals surface area (Å²) in [4.78, 5) is 57.8. The molecule has 2 N–H and O–H groups in total. The van der Waals surface area contributed by atoms with Crippen molar-refractivity contribution < 1.29 is 28.5 Å². The van der Waals surface area contributed by atoms with Gasteiger partial charge in [-0.15, -0.1) is 0 Å². The normalized spacial score (nSPS) is 21.2. The molecule has 2 aromatic carbocycles. The Kier molecular flexibility index (Phi) is 7.66. The molecule has 13 nitrogen and oxygen atoms in total. The summed E-state index contributed by atoms with van der Waals surface area (Å²) in [6.45, 7) is 4.43. The van der Waals surface area contributed by atoms with Crippen LogP contribution < -0.4 is 10.6 Å². The maximum absolute atomic E-state index is 13.3. The van der Waals surface area contributed by atoms with Crippen molar-refractivity contribution in [2.75, 3.05) is 38.1 Å². The Labute approximate surface area is 241 Å². The quantitative estimate of drug-likeness (QED) is 0.319. The molecule has 0 bridgehead atoms. The molecule has 2 atom stereocenters. The van der Waals surface area contributed by atoms with Crippen LogP contribution in [-0.2, 0) is 14.3 Å². The largest absolute Gasteiger partial charge is 0.459 e. The van der Waals surface area contributed by atoms with Crippen molar-refractivity contribution in [3.05, 3.63) is 53.6 Å². The van der Waals surface area contributed by atoms with Crippen LogP contribution in [0.3, 0.4) is 0 Å². The van der Waals surface area contributed by atoms with Crippen LogP contribution in [0.25, 0.3) is 11.0 Å². The third-order valence-electron chi connectivity index (χ3n) is 8.05. The number of benzene rings is 2. The van der Waals surface area contributed by atoms with E-state index in [4.69, 9.17) is 9.37 Å². The molecule has 1 aromatic heterocycles. The zero-order chi connectivity index (χ0) is 29.2. The summed E-state index contributed by atoms with van der Waals surface area (Å²) in [5.41, 5.74) is 3.84. The van der Waals surface area contributed by atoms with Gasteiger partial charge in [0.05, 0.1) is 11.8 Å². The van der Waals surface area contributed by atoms with E-state index in [9.17, 15) is 19.2 Å². The molecule has 3 aliphatic rings. The van der Waals surface area contributed by atoms with Gasteiger partial charge < -0.3 is 20.3 Å². The molecule has 5 amide bonds. The predicted octanol–water partition coefficient (Wildman–Crippen LogP) is 3.25. The predicted molar refractivity (Wildman–Crippen MR) is 151 cm³/mol. The Balaban J connectivity index is 1.05. The van der Waals surface area contributed by atoms with Gasteiger partial charge in [-0.3, -0.25) is 9.59 Å². The fourth-order valence-corrected chi connectivity index (χ4v) is 6.00. The highest BCUT2D eigenvalue weighted by atomic mass is 16.6. The number of piperidine rings is 1. The Morgan fingerprint density at radius 2 is 1.83 bits per heavy atom. The second-order valence-electron chi connectivity index (χ2n) is 10.8. The summed E-state index contributed by atoms with van der Waals surface area (Å²) < 4.78 is 9.95. The number of cyclic esters (lactones) is 1. The van der Waals surface area contributed by atoms with Crippen molar-refractivity contribution in [1.82, 2.24) is 25.4 Å². The molecule has 2 fully saturated rings. The molecular formula is C29H31N7O6. The number of imide groups is 1. The monoisotopic (exact) mass is 573 g/mol. The van der Waals surface area contributed by atoms with Gasteiger partial charge in [-0.1, -0.05) is 18.2 Å². The summed E-state index contributed by atoms with van der Waals surface area (Å²) in [6.07, 6.45) is 2.70. The SMILES string of the molecule is CC(=O)Nc1cccc(C2CCN(CCCNC(=O)N3C(=O)N=C4COC(=O)C4C3c3ccc4nonc4c3)CC2)c1. The molecule has 0 radical (unpaired) electrons. The molecule has 3 aliphatic heterocycles. The van der Waals surface area contributed by atoms with E-state index in [-0.39, 0.29) is 12.5 Å². The Bertz CT molecular complexity index is 1560. The minimum atomic E-state index is -0.927. The number of anilines is 1. The Morgan fingerprint density at radius 3 is 2.64 bits per heavy atom. The summed E-state index contributed by atoms with van der Waals surface area (Å²) in [5, 5.41) is 13.3. The first-order valence-corrected chi connectivity index (χ1v) is 14.0. The summed E-state index contributed by atoms with van der Waals surface area (Å²) in [6, 6.07) is 10.7. The summed E-state index contributed by atoms with van der Waals surface area (Å²) in [5.74, 6) is -1.08. The van der Waals surface area contributed by atoms with E-state index in [2.05, 4.69) is 36.9 Å². The van der Waals surface area contributed by atoms with Gasteiger partial charge in [0.1, 0.15) is 23.6 Å². The lowest BCUT2D eigenvalue weighted by Gasteiger charge is -2.35. The van der Waals surface area contributed by atoms with Crippen molar-refractivity contribution in [3.8, 4) is 0 Å². The van der Waals surface area contributed by atoms with Crippen LogP contribution in [0.4, 0.5) is 15.3 Å². The van der Waals surface area contributed by atoms with Crippen molar-refractivity contribution >= 4 is 46.4 Å². The lowest BCUT2D eigenvalue weighted by atomic mass is 9.88.